The Morgan fingerprint density at radius 2 is 1.89 bits per heavy atom. The Bertz CT molecular complexity index is 906. The lowest BCUT2D eigenvalue weighted by Gasteiger charge is -2.26. The maximum Gasteiger partial charge on any atom is 0.119 e. The number of hydrogen-bond donors (Lipinski definition) is 1. The molecule has 1 atom stereocenters. The molecule has 1 unspecified atom stereocenters. The van der Waals surface area contributed by atoms with Crippen LogP contribution >= 0.6 is 15.9 Å². The van der Waals surface area contributed by atoms with Gasteiger partial charge in [-0.15, -0.1) is 0 Å². The molecule has 5 nitrogen and oxygen atoms in total. The van der Waals surface area contributed by atoms with Gasteiger partial charge in [0.05, 0.1) is 36.9 Å². The Morgan fingerprint density at radius 3 is 2.64 bits per heavy atom. The van der Waals surface area contributed by atoms with Gasteiger partial charge in [0.25, 0.3) is 0 Å². The van der Waals surface area contributed by atoms with Crippen LogP contribution in [0.4, 0.5) is 0 Å². The summed E-state index contributed by atoms with van der Waals surface area (Å²) in [5, 5.41) is 10.5. The fourth-order valence-corrected chi connectivity index (χ4v) is 3.76. The van der Waals surface area contributed by atoms with Crippen LogP contribution in [0.25, 0.3) is 11.0 Å². The molecule has 0 saturated heterocycles. The average molecular weight is 445 g/mol. The standard InChI is InChI=1S/C22H25BrN2O3/c23-17-8-10-19(11-9-17)28-13-12-27-15-18(26)14-25-21-7-2-1-6-20(21)24-22(25)16-4-3-5-16/h1-2,6-11,16,18,26H,3-5,12-15H2. The van der Waals surface area contributed by atoms with Gasteiger partial charge in [-0.25, -0.2) is 4.98 Å². The van der Waals surface area contributed by atoms with Crippen LogP contribution in [-0.2, 0) is 11.3 Å². The second kappa shape index (κ2) is 9.07. The molecule has 4 rings (SSSR count). The Balaban J connectivity index is 1.29. The molecular weight excluding hydrogens is 420 g/mol. The largest absolute Gasteiger partial charge is 0.491 e. The van der Waals surface area contributed by atoms with E-state index in [0.717, 1.165) is 27.1 Å². The highest BCUT2D eigenvalue weighted by atomic mass is 79.9. The summed E-state index contributed by atoms with van der Waals surface area (Å²) in [6.45, 7) is 1.67. The molecule has 2 aromatic carbocycles. The monoisotopic (exact) mass is 444 g/mol. The maximum atomic E-state index is 10.5. The topological polar surface area (TPSA) is 56.5 Å². The number of imidazole rings is 1. The van der Waals surface area contributed by atoms with Gasteiger partial charge in [0.2, 0.25) is 0 Å². The number of hydrogen-bond acceptors (Lipinski definition) is 4. The summed E-state index contributed by atoms with van der Waals surface area (Å²) in [4.78, 5) is 4.82. The Kier molecular flexibility index (Phi) is 6.29. The van der Waals surface area contributed by atoms with Gasteiger partial charge in [0.1, 0.15) is 18.2 Å². The van der Waals surface area contributed by atoms with Crippen molar-refractivity contribution in [3.05, 3.63) is 58.8 Å². The van der Waals surface area contributed by atoms with Crippen molar-refractivity contribution >= 4 is 27.0 Å². The van der Waals surface area contributed by atoms with Crippen molar-refractivity contribution in [3.63, 3.8) is 0 Å². The highest BCUT2D eigenvalue weighted by Gasteiger charge is 2.26. The van der Waals surface area contributed by atoms with E-state index in [1.807, 2.05) is 42.5 Å². The van der Waals surface area contributed by atoms with Crippen LogP contribution in [0.15, 0.2) is 53.0 Å². The summed E-state index contributed by atoms with van der Waals surface area (Å²) in [6, 6.07) is 15.8. The van der Waals surface area contributed by atoms with Crippen LogP contribution in [0, 0.1) is 0 Å². The number of rotatable bonds is 9. The first-order valence-corrected chi connectivity index (χ1v) is 10.6. The molecule has 6 heteroatoms. The van der Waals surface area contributed by atoms with Gasteiger partial charge in [-0.05, 0) is 49.2 Å². The number of fused-ring (bicyclic) bond motifs is 1. The molecule has 0 radical (unpaired) electrons. The van der Waals surface area contributed by atoms with E-state index in [1.54, 1.807) is 0 Å². The van der Waals surface area contributed by atoms with Crippen molar-refractivity contribution < 1.29 is 14.6 Å². The first-order valence-electron chi connectivity index (χ1n) is 9.80. The number of aromatic nitrogens is 2. The lowest BCUT2D eigenvalue weighted by Crippen LogP contribution is -2.26. The first kappa shape index (κ1) is 19.4. The number of halogens is 1. The van der Waals surface area contributed by atoms with E-state index in [0.29, 0.717) is 25.7 Å². The second-order valence-electron chi connectivity index (χ2n) is 7.23. The van der Waals surface area contributed by atoms with Crippen LogP contribution in [-0.4, -0.2) is 40.6 Å². The summed E-state index contributed by atoms with van der Waals surface area (Å²) >= 11 is 3.40. The minimum absolute atomic E-state index is 0.278. The molecule has 0 bridgehead atoms. The third-order valence-electron chi connectivity index (χ3n) is 5.17. The summed E-state index contributed by atoms with van der Waals surface area (Å²) in [5.41, 5.74) is 2.09. The number of nitrogens with zero attached hydrogens (tertiary/aromatic N) is 2. The number of para-hydroxylation sites is 2. The smallest absolute Gasteiger partial charge is 0.119 e. The van der Waals surface area contributed by atoms with Gasteiger partial charge < -0.3 is 19.1 Å². The summed E-state index contributed by atoms with van der Waals surface area (Å²) in [5.74, 6) is 2.42. The van der Waals surface area contributed by atoms with Crippen LogP contribution in [0.2, 0.25) is 0 Å². The summed E-state index contributed by atoms with van der Waals surface area (Å²) < 4.78 is 14.5. The van der Waals surface area contributed by atoms with Crippen molar-refractivity contribution in [3.8, 4) is 5.75 Å². The summed E-state index contributed by atoms with van der Waals surface area (Å²) in [7, 11) is 0. The number of ether oxygens (including phenoxy) is 2. The highest BCUT2D eigenvalue weighted by molar-refractivity contribution is 9.10. The minimum Gasteiger partial charge on any atom is -0.491 e. The maximum absolute atomic E-state index is 10.5. The van der Waals surface area contributed by atoms with Gasteiger partial charge in [-0.3, -0.25) is 0 Å². The average Bonchev–Trinajstić information content (AvgIpc) is 2.99. The Labute approximate surface area is 173 Å². The molecule has 1 aliphatic rings. The van der Waals surface area contributed by atoms with E-state index in [2.05, 4.69) is 26.6 Å². The van der Waals surface area contributed by atoms with Crippen LogP contribution < -0.4 is 4.74 Å². The van der Waals surface area contributed by atoms with E-state index in [-0.39, 0.29) is 6.61 Å². The zero-order valence-corrected chi connectivity index (χ0v) is 17.3. The highest BCUT2D eigenvalue weighted by Crippen LogP contribution is 2.37. The third kappa shape index (κ3) is 4.57. The molecule has 1 N–H and O–H groups in total. The molecule has 3 aromatic rings. The lowest BCUT2D eigenvalue weighted by molar-refractivity contribution is 0.0173. The Hall–Kier alpha value is -1.89. The molecule has 1 heterocycles. The molecule has 0 amide bonds. The SMILES string of the molecule is OC(COCCOc1ccc(Br)cc1)Cn1c(C2CCC2)nc2ccccc21. The predicted octanol–water partition coefficient (Wildman–Crippen LogP) is 4.52. The van der Waals surface area contributed by atoms with Gasteiger partial charge >= 0.3 is 0 Å². The van der Waals surface area contributed by atoms with Gasteiger partial charge in [0, 0.05) is 10.4 Å². The minimum atomic E-state index is -0.580. The molecule has 1 aromatic heterocycles. The van der Waals surface area contributed by atoms with E-state index in [9.17, 15) is 5.11 Å². The van der Waals surface area contributed by atoms with Crippen molar-refractivity contribution in [1.82, 2.24) is 9.55 Å². The normalized spacial score (nSPS) is 15.5. The first-order chi connectivity index (χ1) is 13.7. The van der Waals surface area contributed by atoms with E-state index in [1.165, 1.54) is 19.3 Å². The van der Waals surface area contributed by atoms with Crippen molar-refractivity contribution in [2.75, 3.05) is 19.8 Å². The molecule has 0 spiro atoms. The molecule has 28 heavy (non-hydrogen) atoms. The van der Waals surface area contributed by atoms with Crippen LogP contribution in [0.5, 0.6) is 5.75 Å². The van der Waals surface area contributed by atoms with Crippen molar-refractivity contribution in [2.24, 2.45) is 0 Å². The molecule has 1 aliphatic carbocycles. The number of benzene rings is 2. The van der Waals surface area contributed by atoms with E-state index >= 15 is 0 Å². The molecule has 0 aliphatic heterocycles. The quantitative estimate of drug-likeness (QED) is 0.492. The van der Waals surface area contributed by atoms with Crippen LogP contribution in [0.3, 0.4) is 0 Å². The third-order valence-corrected chi connectivity index (χ3v) is 5.70. The second-order valence-corrected chi connectivity index (χ2v) is 8.14. The summed E-state index contributed by atoms with van der Waals surface area (Å²) in [6.07, 6.45) is 3.05. The van der Waals surface area contributed by atoms with E-state index < -0.39 is 6.10 Å². The van der Waals surface area contributed by atoms with Gasteiger partial charge in [0.15, 0.2) is 0 Å². The fourth-order valence-electron chi connectivity index (χ4n) is 3.50. The number of aliphatic hydroxyl groups is 1. The number of aliphatic hydroxyl groups excluding tert-OH is 1. The van der Waals surface area contributed by atoms with Crippen LogP contribution in [0.1, 0.15) is 31.0 Å². The fraction of sp³-hybridized carbons (Fsp3) is 0.409. The van der Waals surface area contributed by atoms with Gasteiger partial charge in [-0.1, -0.05) is 34.5 Å². The molecular formula is C22H25BrN2O3. The molecule has 148 valence electrons. The molecule has 1 fully saturated rings. The van der Waals surface area contributed by atoms with Crippen molar-refractivity contribution in [1.29, 1.82) is 0 Å². The zero-order chi connectivity index (χ0) is 19.3. The lowest BCUT2D eigenvalue weighted by atomic mass is 9.85. The van der Waals surface area contributed by atoms with E-state index in [4.69, 9.17) is 14.5 Å². The molecule has 1 saturated carbocycles. The van der Waals surface area contributed by atoms with Gasteiger partial charge in [-0.2, -0.15) is 0 Å². The predicted molar refractivity (Wildman–Crippen MR) is 113 cm³/mol. The van der Waals surface area contributed by atoms with Crippen molar-refractivity contribution in [2.45, 2.75) is 37.8 Å². The Morgan fingerprint density at radius 1 is 1.11 bits per heavy atom. The zero-order valence-electron chi connectivity index (χ0n) is 15.8.